The predicted molar refractivity (Wildman–Crippen MR) is 126 cm³/mol. The zero-order valence-corrected chi connectivity index (χ0v) is 20.0. The van der Waals surface area contributed by atoms with Crippen LogP contribution in [0.15, 0.2) is 4.99 Å². The summed E-state index contributed by atoms with van der Waals surface area (Å²) in [6.45, 7) is 4.99. The number of carbonyl (C=O) groups is 4. The molecule has 3 amide bonds. The average Bonchev–Trinajstić information content (AvgIpc) is 2.75. The van der Waals surface area contributed by atoms with Crippen LogP contribution in [0.5, 0.6) is 0 Å². The monoisotopic (exact) mass is 491 g/mol. The molecule has 6 unspecified atom stereocenters. The van der Waals surface area contributed by atoms with Crippen molar-refractivity contribution in [3.05, 3.63) is 0 Å². The maximum Gasteiger partial charge on any atom is 0.326 e. The molecule has 0 radical (unpaired) electrons. The van der Waals surface area contributed by atoms with Gasteiger partial charge in [0.1, 0.15) is 24.2 Å². The van der Waals surface area contributed by atoms with E-state index < -0.39 is 54.0 Å². The Morgan fingerprint density at radius 3 is 2.00 bits per heavy atom. The van der Waals surface area contributed by atoms with Gasteiger partial charge in [-0.3, -0.25) is 19.4 Å². The molecule has 0 rings (SSSR count). The van der Waals surface area contributed by atoms with Crippen LogP contribution in [-0.4, -0.2) is 82.4 Å². The van der Waals surface area contributed by atoms with E-state index in [-0.39, 0.29) is 30.6 Å². The fourth-order valence-corrected chi connectivity index (χ4v) is 2.92. The Morgan fingerprint density at radius 1 is 1.00 bits per heavy atom. The molecule has 0 aromatic rings. The molecule has 0 aliphatic carbocycles. The quantitative estimate of drug-likeness (QED) is 0.0499. The number of aliphatic imine (C=N–C) groups is 1. The number of hydrogen-bond donors (Lipinski definition) is 9. The molecule has 13 nitrogen and oxygen atoms in total. The van der Waals surface area contributed by atoms with Gasteiger partial charge in [0.15, 0.2) is 5.96 Å². The number of rotatable bonds is 15. The van der Waals surface area contributed by atoms with Gasteiger partial charge in [0.2, 0.25) is 17.7 Å². The van der Waals surface area contributed by atoms with E-state index >= 15 is 0 Å². The summed E-state index contributed by atoms with van der Waals surface area (Å²) < 4.78 is 0. The lowest BCUT2D eigenvalue weighted by Gasteiger charge is -2.26. The number of carboxylic acids is 1. The molecule has 0 heterocycles. The van der Waals surface area contributed by atoms with Crippen molar-refractivity contribution in [2.24, 2.45) is 28.1 Å². The van der Waals surface area contributed by atoms with Crippen molar-refractivity contribution in [3.63, 3.8) is 0 Å². The highest BCUT2D eigenvalue weighted by atomic mass is 32.1. The third kappa shape index (κ3) is 11.2. The highest BCUT2D eigenvalue weighted by Gasteiger charge is 2.31. The molecule has 11 N–H and O–H groups in total. The molecule has 14 heteroatoms. The summed E-state index contributed by atoms with van der Waals surface area (Å²) in [5.74, 6) is -3.98. The number of aliphatic carboxylic acids is 1. The van der Waals surface area contributed by atoms with Crippen LogP contribution < -0.4 is 33.2 Å². The van der Waals surface area contributed by atoms with Crippen LogP contribution in [0.1, 0.15) is 40.0 Å². The zero-order chi connectivity index (χ0) is 25.7. The Hall–Kier alpha value is -2.58. The number of aliphatic hydroxyl groups is 1. The van der Waals surface area contributed by atoms with Crippen molar-refractivity contribution in [2.45, 2.75) is 70.3 Å². The van der Waals surface area contributed by atoms with E-state index in [1.54, 1.807) is 13.8 Å². The summed E-state index contributed by atoms with van der Waals surface area (Å²) >= 11 is 4.08. The summed E-state index contributed by atoms with van der Waals surface area (Å²) in [4.78, 5) is 53.0. The van der Waals surface area contributed by atoms with E-state index in [4.69, 9.17) is 17.2 Å². The number of thiol groups is 1. The van der Waals surface area contributed by atoms with E-state index in [0.717, 1.165) is 0 Å². The third-order valence-corrected chi connectivity index (χ3v) is 5.36. The molecule has 33 heavy (non-hydrogen) atoms. The molecule has 0 aliphatic heterocycles. The van der Waals surface area contributed by atoms with Gasteiger partial charge in [-0.05, 0) is 25.7 Å². The van der Waals surface area contributed by atoms with E-state index in [9.17, 15) is 29.4 Å². The second-order valence-electron chi connectivity index (χ2n) is 7.73. The predicted octanol–water partition coefficient (Wildman–Crippen LogP) is -2.74. The smallest absolute Gasteiger partial charge is 0.326 e. The van der Waals surface area contributed by atoms with Crippen molar-refractivity contribution < 1.29 is 29.4 Å². The van der Waals surface area contributed by atoms with Crippen molar-refractivity contribution in [3.8, 4) is 0 Å². The SMILES string of the molecule is CCC(C)C(NC(=O)C(CS)NC(=O)C(CCCN=C(N)N)NC(=O)C(N)C(C)O)C(=O)O. The summed E-state index contributed by atoms with van der Waals surface area (Å²) in [6, 6.07) is -4.68. The Labute approximate surface area is 198 Å². The van der Waals surface area contributed by atoms with Crippen LogP contribution in [-0.2, 0) is 19.2 Å². The van der Waals surface area contributed by atoms with Gasteiger partial charge in [-0.25, -0.2) is 4.79 Å². The molecule has 0 aromatic carbocycles. The lowest BCUT2D eigenvalue weighted by Crippen LogP contribution is -2.59. The van der Waals surface area contributed by atoms with Crippen LogP contribution >= 0.6 is 12.6 Å². The lowest BCUT2D eigenvalue weighted by molar-refractivity contribution is -0.143. The number of hydrogen-bond acceptors (Lipinski definition) is 8. The Bertz CT molecular complexity index is 702. The summed E-state index contributed by atoms with van der Waals surface area (Å²) in [7, 11) is 0. The van der Waals surface area contributed by atoms with Gasteiger partial charge in [-0.15, -0.1) is 0 Å². The van der Waals surface area contributed by atoms with Gasteiger partial charge >= 0.3 is 5.97 Å². The highest BCUT2D eigenvalue weighted by molar-refractivity contribution is 7.80. The number of aliphatic hydroxyl groups excluding tert-OH is 1. The molecule has 190 valence electrons. The van der Waals surface area contributed by atoms with Crippen LogP contribution in [0, 0.1) is 5.92 Å². The summed E-state index contributed by atoms with van der Waals surface area (Å²) in [5, 5.41) is 26.2. The molecule has 0 spiro atoms. The fourth-order valence-electron chi connectivity index (χ4n) is 2.66. The standard InChI is InChI=1S/C19H37N7O6S/c1-4-9(2)14(18(31)32)26-16(29)12(8-33)25-15(28)11(6-5-7-23-19(21)22)24-17(30)13(20)10(3)27/h9-14,27,33H,4-8,20H2,1-3H3,(H,24,30)(H,25,28)(H,26,29)(H,31,32)(H4,21,22,23). The molecule has 0 saturated carbocycles. The minimum absolute atomic E-state index is 0.104. The minimum Gasteiger partial charge on any atom is -0.480 e. The van der Waals surface area contributed by atoms with Gasteiger partial charge in [-0.2, -0.15) is 12.6 Å². The second-order valence-corrected chi connectivity index (χ2v) is 8.10. The van der Waals surface area contributed by atoms with Crippen LogP contribution in [0.2, 0.25) is 0 Å². The average molecular weight is 492 g/mol. The van der Waals surface area contributed by atoms with E-state index in [1.165, 1.54) is 6.92 Å². The first kappa shape index (κ1) is 30.4. The van der Waals surface area contributed by atoms with Crippen LogP contribution in [0.25, 0.3) is 0 Å². The van der Waals surface area contributed by atoms with E-state index in [2.05, 4.69) is 33.6 Å². The van der Waals surface area contributed by atoms with E-state index in [1.807, 2.05) is 0 Å². The normalized spacial score (nSPS) is 16.3. The largest absolute Gasteiger partial charge is 0.480 e. The van der Waals surface area contributed by atoms with Gasteiger partial charge in [0, 0.05) is 12.3 Å². The number of nitrogens with one attached hydrogen (secondary N) is 3. The minimum atomic E-state index is -1.27. The Balaban J connectivity index is 5.39. The van der Waals surface area contributed by atoms with Gasteiger partial charge < -0.3 is 43.4 Å². The first-order chi connectivity index (χ1) is 15.3. The van der Waals surface area contributed by atoms with Crippen LogP contribution in [0.3, 0.4) is 0 Å². The van der Waals surface area contributed by atoms with Gasteiger partial charge in [0.25, 0.3) is 0 Å². The molecule has 0 aromatic heterocycles. The first-order valence-electron chi connectivity index (χ1n) is 10.6. The summed E-state index contributed by atoms with van der Waals surface area (Å²) in [6.07, 6.45) is -0.220. The summed E-state index contributed by atoms with van der Waals surface area (Å²) in [5.41, 5.74) is 16.2. The van der Waals surface area contributed by atoms with Gasteiger partial charge in [-0.1, -0.05) is 20.3 Å². The molecule has 0 fully saturated rings. The maximum atomic E-state index is 12.8. The van der Waals surface area contributed by atoms with Gasteiger partial charge in [0.05, 0.1) is 6.10 Å². The number of carboxylic acid groups (broad SMARTS) is 1. The number of guanidine groups is 1. The molecule has 0 bridgehead atoms. The lowest BCUT2D eigenvalue weighted by atomic mass is 9.99. The number of nitrogens with zero attached hydrogens (tertiary/aromatic N) is 1. The fraction of sp³-hybridized carbons (Fsp3) is 0.737. The van der Waals surface area contributed by atoms with Crippen molar-refractivity contribution in [1.82, 2.24) is 16.0 Å². The molecular formula is C19H37N7O6S. The highest BCUT2D eigenvalue weighted by Crippen LogP contribution is 2.09. The van der Waals surface area contributed by atoms with Crippen molar-refractivity contribution in [2.75, 3.05) is 12.3 Å². The third-order valence-electron chi connectivity index (χ3n) is 4.99. The Kier molecular flexibility index (Phi) is 14.1. The second kappa shape index (κ2) is 15.3. The number of amides is 3. The number of carbonyl (C=O) groups excluding carboxylic acids is 3. The maximum absolute atomic E-state index is 12.8. The van der Waals surface area contributed by atoms with Crippen molar-refractivity contribution in [1.29, 1.82) is 0 Å². The molecular weight excluding hydrogens is 454 g/mol. The topological polar surface area (TPSA) is 235 Å². The molecule has 6 atom stereocenters. The Morgan fingerprint density at radius 2 is 1.55 bits per heavy atom. The zero-order valence-electron chi connectivity index (χ0n) is 19.2. The van der Waals surface area contributed by atoms with Crippen LogP contribution in [0.4, 0.5) is 0 Å². The first-order valence-corrected chi connectivity index (χ1v) is 11.2. The molecule has 0 saturated heterocycles. The number of nitrogens with two attached hydrogens (primary N) is 3. The van der Waals surface area contributed by atoms with E-state index in [0.29, 0.717) is 12.8 Å². The molecule has 0 aliphatic rings. The van der Waals surface area contributed by atoms with Crippen molar-refractivity contribution >= 4 is 42.3 Å².